The number of nitrogens with one attached hydrogen (secondary N) is 1. The molecule has 0 saturated carbocycles. The van der Waals surface area contributed by atoms with Crippen molar-refractivity contribution in [3.05, 3.63) is 54.1 Å². The third kappa shape index (κ3) is 4.28. The third-order valence-corrected chi connectivity index (χ3v) is 4.78. The maximum atomic E-state index is 4.75. The van der Waals surface area contributed by atoms with Gasteiger partial charge in [0.05, 0.1) is 24.1 Å². The van der Waals surface area contributed by atoms with Gasteiger partial charge >= 0.3 is 0 Å². The van der Waals surface area contributed by atoms with Crippen molar-refractivity contribution in [3.63, 3.8) is 0 Å². The Balaban J connectivity index is 1.58. The van der Waals surface area contributed by atoms with Gasteiger partial charge in [0, 0.05) is 43.8 Å². The molecule has 1 saturated heterocycles. The van der Waals surface area contributed by atoms with Crippen molar-refractivity contribution in [1.29, 1.82) is 0 Å². The second kappa shape index (κ2) is 7.79. The fraction of sp³-hybridized carbons (Fsp3) is 0.421. The van der Waals surface area contributed by atoms with Crippen LogP contribution >= 0.6 is 0 Å². The minimum absolute atomic E-state index is 0.281. The molecule has 27 heavy (non-hydrogen) atoms. The van der Waals surface area contributed by atoms with E-state index < -0.39 is 0 Å². The van der Waals surface area contributed by atoms with Crippen molar-refractivity contribution in [1.82, 2.24) is 34.6 Å². The van der Waals surface area contributed by atoms with Crippen LogP contribution in [0, 0.1) is 6.92 Å². The molecule has 1 N–H and O–H groups in total. The molecule has 0 aliphatic carbocycles. The van der Waals surface area contributed by atoms with Crippen molar-refractivity contribution >= 4 is 11.6 Å². The van der Waals surface area contributed by atoms with E-state index in [4.69, 9.17) is 4.98 Å². The first-order chi connectivity index (χ1) is 13.2. The maximum absolute atomic E-state index is 4.75. The van der Waals surface area contributed by atoms with Gasteiger partial charge in [0.2, 0.25) is 0 Å². The largest absolute Gasteiger partial charge is 0.324 e. The molecular weight excluding hydrogens is 340 g/mol. The number of hydrogen-bond acceptors (Lipinski definition) is 7. The molecular formula is C19H24N8. The van der Waals surface area contributed by atoms with Crippen LogP contribution in [0.5, 0.6) is 0 Å². The number of likely N-dealkylation sites (tertiary alicyclic amines) is 1. The number of aromatic nitrogens is 6. The topological polar surface area (TPSA) is 84.7 Å². The zero-order valence-corrected chi connectivity index (χ0v) is 15.7. The summed E-state index contributed by atoms with van der Waals surface area (Å²) >= 11 is 0. The minimum atomic E-state index is 0.281. The van der Waals surface area contributed by atoms with E-state index in [0.29, 0.717) is 5.82 Å². The number of hydrogen-bond donors (Lipinski definition) is 1. The van der Waals surface area contributed by atoms with Crippen LogP contribution in [-0.4, -0.2) is 41.2 Å². The standard InChI is InChI=1S/C19H24N8/c1-14-23-16(9-18(24-14)25-19-11-20-6-7-21-19)17-5-3-4-8-27(17)13-15-10-22-26(2)12-15/h6-7,9-12,17H,3-5,8,13H2,1-2H3,(H,21,23,24,25). The van der Waals surface area contributed by atoms with E-state index in [9.17, 15) is 0 Å². The van der Waals surface area contributed by atoms with Crippen molar-refractivity contribution in [2.45, 2.75) is 38.8 Å². The first kappa shape index (κ1) is 17.5. The second-order valence-electron chi connectivity index (χ2n) is 6.95. The predicted octanol–water partition coefficient (Wildman–Crippen LogP) is 2.78. The molecule has 3 aromatic heterocycles. The van der Waals surface area contributed by atoms with Gasteiger partial charge in [-0.3, -0.25) is 14.6 Å². The van der Waals surface area contributed by atoms with Gasteiger partial charge in [-0.1, -0.05) is 6.42 Å². The predicted molar refractivity (Wildman–Crippen MR) is 102 cm³/mol. The SMILES string of the molecule is Cc1nc(Nc2cnccn2)cc(C2CCCCN2Cc2cnn(C)c2)n1. The van der Waals surface area contributed by atoms with Gasteiger partial charge in [-0.15, -0.1) is 0 Å². The summed E-state index contributed by atoms with van der Waals surface area (Å²) in [5, 5.41) is 7.53. The molecule has 0 radical (unpaired) electrons. The lowest BCUT2D eigenvalue weighted by Crippen LogP contribution is -2.33. The van der Waals surface area contributed by atoms with E-state index in [-0.39, 0.29) is 6.04 Å². The molecule has 0 amide bonds. The Morgan fingerprint density at radius 3 is 2.85 bits per heavy atom. The molecule has 4 rings (SSSR count). The molecule has 8 heteroatoms. The molecule has 4 heterocycles. The smallest absolute Gasteiger partial charge is 0.150 e. The van der Waals surface area contributed by atoms with Gasteiger partial charge < -0.3 is 5.32 Å². The highest BCUT2D eigenvalue weighted by Gasteiger charge is 2.26. The summed E-state index contributed by atoms with van der Waals surface area (Å²) < 4.78 is 1.85. The van der Waals surface area contributed by atoms with Gasteiger partial charge in [0.15, 0.2) is 0 Å². The van der Waals surface area contributed by atoms with Crippen molar-refractivity contribution in [2.24, 2.45) is 7.05 Å². The molecule has 3 aromatic rings. The molecule has 0 bridgehead atoms. The van der Waals surface area contributed by atoms with E-state index >= 15 is 0 Å². The lowest BCUT2D eigenvalue weighted by atomic mass is 9.98. The highest BCUT2D eigenvalue weighted by molar-refractivity contribution is 5.50. The summed E-state index contributed by atoms with van der Waals surface area (Å²) in [6.07, 6.45) is 12.5. The highest BCUT2D eigenvalue weighted by atomic mass is 15.2. The lowest BCUT2D eigenvalue weighted by molar-refractivity contribution is 0.137. The van der Waals surface area contributed by atoms with Gasteiger partial charge in [-0.2, -0.15) is 5.10 Å². The lowest BCUT2D eigenvalue weighted by Gasteiger charge is -2.35. The molecule has 1 aliphatic rings. The average Bonchev–Trinajstić information content (AvgIpc) is 3.07. The van der Waals surface area contributed by atoms with E-state index in [1.54, 1.807) is 18.6 Å². The summed E-state index contributed by atoms with van der Waals surface area (Å²) in [4.78, 5) is 20.1. The van der Waals surface area contributed by atoms with Gasteiger partial charge in [-0.05, 0) is 26.3 Å². The summed E-state index contributed by atoms with van der Waals surface area (Å²) in [5.74, 6) is 2.19. The van der Waals surface area contributed by atoms with Crippen molar-refractivity contribution in [3.8, 4) is 0 Å². The molecule has 1 atom stereocenters. The first-order valence-corrected chi connectivity index (χ1v) is 9.27. The van der Waals surface area contributed by atoms with E-state index in [2.05, 4.69) is 36.5 Å². The number of anilines is 2. The van der Waals surface area contributed by atoms with Crippen molar-refractivity contribution < 1.29 is 0 Å². The number of piperidine rings is 1. The van der Waals surface area contributed by atoms with Crippen LogP contribution in [0.2, 0.25) is 0 Å². The van der Waals surface area contributed by atoms with Crippen LogP contribution in [-0.2, 0) is 13.6 Å². The fourth-order valence-electron chi connectivity index (χ4n) is 3.62. The average molecular weight is 364 g/mol. The van der Waals surface area contributed by atoms with E-state index in [0.717, 1.165) is 36.8 Å². The molecule has 8 nitrogen and oxygen atoms in total. The Labute approximate surface area is 158 Å². The summed E-state index contributed by atoms with van der Waals surface area (Å²) in [5.41, 5.74) is 2.28. The van der Waals surface area contributed by atoms with Crippen LogP contribution in [0.1, 0.15) is 42.4 Å². The fourth-order valence-corrected chi connectivity index (χ4v) is 3.62. The maximum Gasteiger partial charge on any atom is 0.150 e. The molecule has 0 spiro atoms. The zero-order valence-electron chi connectivity index (χ0n) is 15.7. The molecule has 140 valence electrons. The highest BCUT2D eigenvalue weighted by Crippen LogP contribution is 2.32. The normalized spacial score (nSPS) is 17.8. The molecule has 1 unspecified atom stereocenters. The van der Waals surface area contributed by atoms with Gasteiger partial charge in [0.1, 0.15) is 17.5 Å². The number of rotatable bonds is 5. The number of nitrogens with zero attached hydrogens (tertiary/aromatic N) is 7. The van der Waals surface area contributed by atoms with E-state index in [1.807, 2.05) is 30.9 Å². The zero-order chi connectivity index (χ0) is 18.6. The van der Waals surface area contributed by atoms with Crippen LogP contribution in [0.15, 0.2) is 37.1 Å². The van der Waals surface area contributed by atoms with E-state index in [1.165, 1.54) is 18.4 Å². The van der Waals surface area contributed by atoms with Crippen LogP contribution in [0.3, 0.4) is 0 Å². The van der Waals surface area contributed by atoms with Crippen molar-refractivity contribution in [2.75, 3.05) is 11.9 Å². The molecule has 1 aliphatic heterocycles. The Morgan fingerprint density at radius 1 is 1.15 bits per heavy atom. The summed E-state index contributed by atoms with van der Waals surface area (Å²) in [7, 11) is 1.95. The monoisotopic (exact) mass is 364 g/mol. The first-order valence-electron chi connectivity index (χ1n) is 9.27. The Bertz CT molecular complexity index is 892. The van der Waals surface area contributed by atoms with Gasteiger partial charge in [0.25, 0.3) is 0 Å². The van der Waals surface area contributed by atoms with Gasteiger partial charge in [-0.25, -0.2) is 15.0 Å². The Kier molecular flexibility index (Phi) is 5.06. The van der Waals surface area contributed by atoms with Crippen LogP contribution in [0.25, 0.3) is 0 Å². The Morgan fingerprint density at radius 2 is 2.07 bits per heavy atom. The van der Waals surface area contributed by atoms with Crippen LogP contribution < -0.4 is 5.32 Å². The van der Waals surface area contributed by atoms with Crippen LogP contribution in [0.4, 0.5) is 11.6 Å². The second-order valence-corrected chi connectivity index (χ2v) is 6.95. The third-order valence-electron chi connectivity index (χ3n) is 4.78. The molecule has 1 fully saturated rings. The Hall–Kier alpha value is -2.87. The quantitative estimate of drug-likeness (QED) is 0.745. The number of aryl methyl sites for hydroxylation is 2. The molecule has 0 aromatic carbocycles. The minimum Gasteiger partial charge on any atom is -0.324 e. The summed E-state index contributed by atoms with van der Waals surface area (Å²) in [6.45, 7) is 3.88. The summed E-state index contributed by atoms with van der Waals surface area (Å²) in [6, 6.07) is 2.32.